The average molecular weight is 436 g/mol. The zero-order valence-corrected chi connectivity index (χ0v) is 18.3. The first-order chi connectivity index (χ1) is 15.1. The number of hydrogen-bond acceptors (Lipinski definition) is 5. The van der Waals surface area contributed by atoms with Crippen LogP contribution in [0.2, 0.25) is 5.02 Å². The molecule has 31 heavy (non-hydrogen) atoms. The molecule has 1 amide bonds. The maximum absolute atomic E-state index is 12.9. The van der Waals surface area contributed by atoms with E-state index in [2.05, 4.69) is 15.3 Å². The third kappa shape index (κ3) is 5.58. The Morgan fingerprint density at radius 1 is 1.16 bits per heavy atom. The average Bonchev–Trinajstić information content (AvgIpc) is 2.79. The van der Waals surface area contributed by atoms with Crippen LogP contribution in [0.25, 0.3) is 0 Å². The summed E-state index contributed by atoms with van der Waals surface area (Å²) in [4.78, 5) is 28.3. The Morgan fingerprint density at radius 2 is 2.00 bits per heavy atom. The third-order valence-corrected chi connectivity index (χ3v) is 5.89. The lowest BCUT2D eigenvalue weighted by atomic mass is 9.92. The van der Waals surface area contributed by atoms with Crippen LogP contribution in [-0.2, 0) is 11.2 Å². The van der Waals surface area contributed by atoms with Crippen LogP contribution in [0, 0.1) is 5.92 Å². The van der Waals surface area contributed by atoms with E-state index in [4.69, 9.17) is 16.6 Å². The summed E-state index contributed by atoms with van der Waals surface area (Å²) in [5.74, 6) is 1.86. The van der Waals surface area contributed by atoms with E-state index >= 15 is 0 Å². The molecule has 0 radical (unpaired) electrons. The highest BCUT2D eigenvalue weighted by Crippen LogP contribution is 2.28. The van der Waals surface area contributed by atoms with E-state index in [1.54, 1.807) is 12.4 Å². The molecule has 1 saturated heterocycles. The monoisotopic (exact) mass is 435 g/mol. The number of likely N-dealkylation sites (tertiary alicyclic amines) is 1. The number of rotatable bonds is 6. The van der Waals surface area contributed by atoms with Gasteiger partial charge in [-0.05, 0) is 49.1 Å². The quantitative estimate of drug-likeness (QED) is 0.599. The molecule has 1 aromatic carbocycles. The van der Waals surface area contributed by atoms with E-state index in [0.717, 1.165) is 43.0 Å². The SMILES string of the molecule is C[C@H](Cc1cccc(Cl)c1)C(=O)N1CCC(c2cncc(Nc3ccccn3)n2)CC1. The van der Waals surface area contributed by atoms with Crippen molar-refractivity contribution in [3.05, 3.63) is 77.3 Å². The number of piperidine rings is 1. The zero-order valence-electron chi connectivity index (χ0n) is 17.5. The molecule has 1 fully saturated rings. The summed E-state index contributed by atoms with van der Waals surface area (Å²) in [6, 6.07) is 13.4. The van der Waals surface area contributed by atoms with Crippen molar-refractivity contribution < 1.29 is 4.79 Å². The first kappa shape index (κ1) is 21.2. The highest BCUT2D eigenvalue weighted by Gasteiger charge is 2.27. The fourth-order valence-corrected chi connectivity index (χ4v) is 4.23. The first-order valence-electron chi connectivity index (χ1n) is 10.6. The van der Waals surface area contributed by atoms with Gasteiger partial charge in [-0.15, -0.1) is 0 Å². The van der Waals surface area contributed by atoms with Crippen molar-refractivity contribution in [1.82, 2.24) is 19.9 Å². The van der Waals surface area contributed by atoms with Crippen LogP contribution in [0.5, 0.6) is 0 Å². The molecule has 0 unspecified atom stereocenters. The zero-order chi connectivity index (χ0) is 21.6. The Bertz CT molecular complexity index is 1020. The van der Waals surface area contributed by atoms with Crippen LogP contribution >= 0.6 is 11.6 Å². The molecule has 0 saturated carbocycles. The number of aromatic nitrogens is 3. The topological polar surface area (TPSA) is 71.0 Å². The fraction of sp³-hybridized carbons (Fsp3) is 0.333. The van der Waals surface area contributed by atoms with Gasteiger partial charge >= 0.3 is 0 Å². The Balaban J connectivity index is 1.33. The van der Waals surface area contributed by atoms with Gasteiger partial charge in [0.25, 0.3) is 0 Å². The molecule has 0 spiro atoms. The van der Waals surface area contributed by atoms with E-state index in [-0.39, 0.29) is 11.8 Å². The van der Waals surface area contributed by atoms with Crippen molar-refractivity contribution in [2.45, 2.75) is 32.1 Å². The molecule has 1 aliphatic rings. The van der Waals surface area contributed by atoms with Crippen LogP contribution in [0.3, 0.4) is 0 Å². The number of pyridine rings is 1. The summed E-state index contributed by atoms with van der Waals surface area (Å²) in [5, 5.41) is 3.90. The van der Waals surface area contributed by atoms with Gasteiger partial charge in [0.1, 0.15) is 11.6 Å². The highest BCUT2D eigenvalue weighted by molar-refractivity contribution is 6.30. The molecule has 3 heterocycles. The second-order valence-corrected chi connectivity index (χ2v) is 8.44. The lowest BCUT2D eigenvalue weighted by molar-refractivity contribution is -0.136. The second kappa shape index (κ2) is 9.88. The molecule has 3 aromatic rings. The normalized spacial score (nSPS) is 15.5. The minimum absolute atomic E-state index is 0.0688. The minimum Gasteiger partial charge on any atom is -0.342 e. The number of nitrogens with zero attached hydrogens (tertiary/aromatic N) is 4. The van der Waals surface area contributed by atoms with Crippen molar-refractivity contribution in [2.75, 3.05) is 18.4 Å². The fourth-order valence-electron chi connectivity index (χ4n) is 4.02. The van der Waals surface area contributed by atoms with Crippen LogP contribution in [0.1, 0.15) is 36.9 Å². The summed E-state index contributed by atoms with van der Waals surface area (Å²) < 4.78 is 0. The predicted octanol–water partition coefficient (Wildman–Crippen LogP) is 4.85. The molecule has 1 N–H and O–H groups in total. The van der Waals surface area contributed by atoms with Crippen molar-refractivity contribution in [3.8, 4) is 0 Å². The first-order valence-corrected chi connectivity index (χ1v) is 11.0. The largest absolute Gasteiger partial charge is 0.342 e. The molecule has 1 aliphatic heterocycles. The van der Waals surface area contributed by atoms with E-state index in [1.807, 2.05) is 60.5 Å². The Hall–Kier alpha value is -2.99. The van der Waals surface area contributed by atoms with E-state index in [1.165, 1.54) is 0 Å². The van der Waals surface area contributed by atoms with E-state index in [9.17, 15) is 4.79 Å². The van der Waals surface area contributed by atoms with E-state index < -0.39 is 0 Å². The molecule has 160 valence electrons. The summed E-state index contributed by atoms with van der Waals surface area (Å²) in [5.41, 5.74) is 2.05. The van der Waals surface area contributed by atoms with Crippen molar-refractivity contribution in [2.24, 2.45) is 5.92 Å². The van der Waals surface area contributed by atoms with Gasteiger partial charge in [0.15, 0.2) is 0 Å². The van der Waals surface area contributed by atoms with Gasteiger partial charge in [0.05, 0.1) is 11.9 Å². The molecule has 1 atom stereocenters. The van der Waals surface area contributed by atoms with Crippen molar-refractivity contribution >= 4 is 29.1 Å². The number of carbonyl (C=O) groups excluding carboxylic acids is 1. The Labute approximate surface area is 187 Å². The minimum atomic E-state index is -0.0688. The van der Waals surface area contributed by atoms with Gasteiger partial charge in [-0.25, -0.2) is 9.97 Å². The number of nitrogens with one attached hydrogen (secondary N) is 1. The lowest BCUT2D eigenvalue weighted by Gasteiger charge is -2.33. The smallest absolute Gasteiger partial charge is 0.225 e. The molecular formula is C24H26ClN5O. The summed E-state index contributed by atoms with van der Waals surface area (Å²) in [6.07, 6.45) is 7.74. The number of halogens is 1. The molecule has 0 bridgehead atoms. The predicted molar refractivity (Wildman–Crippen MR) is 122 cm³/mol. The van der Waals surface area contributed by atoms with Crippen molar-refractivity contribution in [3.63, 3.8) is 0 Å². The Morgan fingerprint density at radius 3 is 2.74 bits per heavy atom. The van der Waals surface area contributed by atoms with Crippen molar-refractivity contribution in [1.29, 1.82) is 0 Å². The molecule has 4 rings (SSSR count). The summed E-state index contributed by atoms with van der Waals surface area (Å²) in [6.45, 7) is 3.47. The van der Waals surface area contributed by atoms with Gasteiger partial charge in [-0.2, -0.15) is 0 Å². The van der Waals surface area contributed by atoms with Crippen LogP contribution < -0.4 is 5.32 Å². The standard InChI is InChI=1S/C24H26ClN5O/c1-17(13-18-5-4-6-20(25)14-18)24(31)30-11-8-19(9-12-30)21-15-26-16-23(28-21)29-22-7-2-3-10-27-22/h2-7,10,14-17,19H,8-9,11-13H2,1H3,(H,27,28,29)/t17-/m1/s1. The molecule has 6 nitrogen and oxygen atoms in total. The van der Waals surface area contributed by atoms with E-state index in [0.29, 0.717) is 23.2 Å². The maximum Gasteiger partial charge on any atom is 0.225 e. The van der Waals surface area contributed by atoms with Crippen LogP contribution in [0.4, 0.5) is 11.6 Å². The molecule has 7 heteroatoms. The summed E-state index contributed by atoms with van der Waals surface area (Å²) in [7, 11) is 0. The lowest BCUT2D eigenvalue weighted by Crippen LogP contribution is -2.41. The van der Waals surface area contributed by atoms with Gasteiger partial charge in [-0.1, -0.05) is 36.7 Å². The molecule has 2 aromatic heterocycles. The summed E-state index contributed by atoms with van der Waals surface area (Å²) >= 11 is 6.07. The van der Waals surface area contributed by atoms with Gasteiger partial charge in [0, 0.05) is 42.3 Å². The van der Waals surface area contributed by atoms with Gasteiger partial charge in [0.2, 0.25) is 5.91 Å². The number of anilines is 2. The number of amides is 1. The Kier molecular flexibility index (Phi) is 6.77. The number of carbonyl (C=O) groups is 1. The molecule has 0 aliphatic carbocycles. The second-order valence-electron chi connectivity index (χ2n) is 8.00. The van der Waals surface area contributed by atoms with Crippen LogP contribution in [-0.4, -0.2) is 38.8 Å². The highest BCUT2D eigenvalue weighted by atomic mass is 35.5. The maximum atomic E-state index is 12.9. The van der Waals surface area contributed by atoms with Gasteiger partial charge < -0.3 is 10.2 Å². The molecular weight excluding hydrogens is 410 g/mol. The number of hydrogen-bond donors (Lipinski definition) is 1. The number of benzene rings is 1. The third-order valence-electron chi connectivity index (χ3n) is 5.65. The van der Waals surface area contributed by atoms with Gasteiger partial charge in [-0.3, -0.25) is 9.78 Å². The van der Waals surface area contributed by atoms with Crippen LogP contribution in [0.15, 0.2) is 61.1 Å².